The first-order chi connectivity index (χ1) is 12.3. The Morgan fingerprint density at radius 2 is 1.92 bits per heavy atom. The van der Waals surface area contributed by atoms with Crippen molar-refractivity contribution >= 4 is 53.5 Å². The molecule has 0 radical (unpaired) electrons. The van der Waals surface area contributed by atoms with Gasteiger partial charge in [-0.15, -0.1) is 5.11 Å². The molecule has 0 aliphatic heterocycles. The van der Waals surface area contributed by atoms with Crippen LogP contribution in [-0.4, -0.2) is 36.8 Å². The van der Waals surface area contributed by atoms with Crippen LogP contribution in [0.25, 0.3) is 0 Å². The molecule has 2 N–H and O–H groups in total. The Kier molecular flexibility index (Phi) is 8.14. The molecule has 140 valence electrons. The summed E-state index contributed by atoms with van der Waals surface area (Å²) < 4.78 is 31.6. The summed E-state index contributed by atoms with van der Waals surface area (Å²) in [6, 6.07) is 9.67. The maximum Gasteiger partial charge on any atom is 0.264 e. The first-order valence-corrected chi connectivity index (χ1v) is 11.0. The van der Waals surface area contributed by atoms with E-state index in [0.29, 0.717) is 25.3 Å². The number of hydrogen-bond donors (Lipinski definition) is 2. The lowest BCUT2D eigenvalue weighted by Gasteiger charge is -2.06. The van der Waals surface area contributed by atoms with Crippen LogP contribution in [-0.2, 0) is 16.5 Å². The highest BCUT2D eigenvalue weighted by molar-refractivity contribution is 9.11. The van der Waals surface area contributed by atoms with Gasteiger partial charge >= 0.3 is 0 Å². The number of anilines is 1. The minimum atomic E-state index is -3.89. The molecule has 2 aromatic rings. The highest BCUT2D eigenvalue weighted by atomic mass is 79.9. The molecule has 0 bridgehead atoms. The Labute approximate surface area is 169 Å². The van der Waals surface area contributed by atoms with E-state index in [2.05, 4.69) is 52.4 Å². The van der Waals surface area contributed by atoms with Crippen molar-refractivity contribution in [3.63, 3.8) is 0 Å². The first-order valence-electron chi connectivity index (χ1n) is 7.80. The maximum absolute atomic E-state index is 10.6. The molecule has 0 unspecified atom stereocenters. The molecule has 1 aromatic heterocycles. The molecular formula is C16H18Br2N4O3S. The lowest BCUT2D eigenvalue weighted by Crippen LogP contribution is -2.10. The van der Waals surface area contributed by atoms with Crippen LogP contribution < -0.4 is 5.32 Å². The monoisotopic (exact) mass is 504 g/mol. The average Bonchev–Trinajstić information content (AvgIpc) is 2.57. The van der Waals surface area contributed by atoms with Crippen LogP contribution in [0.3, 0.4) is 0 Å². The molecule has 0 aliphatic carbocycles. The largest absolute Gasteiger partial charge is 0.385 e. The van der Waals surface area contributed by atoms with Crippen molar-refractivity contribution in [2.75, 3.05) is 24.2 Å². The third kappa shape index (κ3) is 7.90. The van der Waals surface area contributed by atoms with Gasteiger partial charge in [0.1, 0.15) is 0 Å². The maximum atomic E-state index is 10.6. The molecular weight excluding hydrogens is 488 g/mol. The van der Waals surface area contributed by atoms with Crippen LogP contribution in [0.5, 0.6) is 0 Å². The van der Waals surface area contributed by atoms with E-state index in [0.717, 1.165) is 26.6 Å². The summed E-state index contributed by atoms with van der Waals surface area (Å²) in [6.07, 6.45) is 2.77. The average molecular weight is 506 g/mol. The molecule has 0 spiro atoms. The Morgan fingerprint density at radius 1 is 1.19 bits per heavy atom. The molecule has 1 aromatic carbocycles. The van der Waals surface area contributed by atoms with Crippen molar-refractivity contribution < 1.29 is 13.0 Å². The van der Waals surface area contributed by atoms with Gasteiger partial charge in [-0.2, -0.15) is 13.5 Å². The highest BCUT2D eigenvalue weighted by Gasteiger charge is 2.03. The number of halogens is 2. The number of nitrogens with one attached hydrogen (secondary N) is 1. The van der Waals surface area contributed by atoms with Crippen LogP contribution in [0.2, 0.25) is 0 Å². The fraction of sp³-hybridized carbons (Fsp3) is 0.312. The van der Waals surface area contributed by atoms with Gasteiger partial charge in [0.2, 0.25) is 0 Å². The molecule has 0 saturated heterocycles. The lowest BCUT2D eigenvalue weighted by molar-refractivity contribution is 0.481. The standard InChI is InChI=1S/C16H18Br2N4O3S/c17-13-10-15(18)16(20-11-13)22-21-8-6-12-2-4-14(5-3-12)19-7-1-9-26(23,24)25/h2-5,10-11,19H,1,6-9H2,(H,23,24,25). The van der Waals surface area contributed by atoms with Gasteiger partial charge in [-0.25, -0.2) is 4.98 Å². The first kappa shape index (κ1) is 20.9. The summed E-state index contributed by atoms with van der Waals surface area (Å²) in [5, 5.41) is 11.4. The van der Waals surface area contributed by atoms with Gasteiger partial charge in [-0.05, 0) is 68.5 Å². The number of pyridine rings is 1. The van der Waals surface area contributed by atoms with Crippen LogP contribution in [0.1, 0.15) is 12.0 Å². The number of rotatable bonds is 9. The molecule has 7 nitrogen and oxygen atoms in total. The zero-order valence-corrected chi connectivity index (χ0v) is 17.8. The van der Waals surface area contributed by atoms with Crippen molar-refractivity contribution in [2.24, 2.45) is 10.2 Å². The van der Waals surface area contributed by atoms with Gasteiger partial charge in [0.25, 0.3) is 10.1 Å². The number of nitrogens with zero attached hydrogens (tertiary/aromatic N) is 3. The number of azo groups is 1. The summed E-state index contributed by atoms with van der Waals surface area (Å²) in [5.74, 6) is 0.296. The van der Waals surface area contributed by atoms with E-state index in [1.54, 1.807) is 6.20 Å². The molecule has 0 fully saturated rings. The van der Waals surface area contributed by atoms with Gasteiger partial charge < -0.3 is 5.32 Å². The molecule has 26 heavy (non-hydrogen) atoms. The number of benzene rings is 1. The smallest absolute Gasteiger partial charge is 0.264 e. The summed E-state index contributed by atoms with van der Waals surface area (Å²) in [5.41, 5.74) is 2.02. The fourth-order valence-corrected chi connectivity index (χ4v) is 3.63. The Bertz CT molecular complexity index is 858. The van der Waals surface area contributed by atoms with E-state index in [1.807, 2.05) is 30.3 Å². The quantitative estimate of drug-likeness (QED) is 0.294. The Balaban J connectivity index is 1.75. The molecule has 0 aliphatic rings. The van der Waals surface area contributed by atoms with Crippen LogP contribution in [0.4, 0.5) is 11.5 Å². The van der Waals surface area contributed by atoms with Gasteiger partial charge in [0.05, 0.1) is 16.8 Å². The molecule has 2 rings (SSSR count). The molecule has 1 heterocycles. The van der Waals surface area contributed by atoms with E-state index in [-0.39, 0.29) is 5.75 Å². The Morgan fingerprint density at radius 3 is 2.58 bits per heavy atom. The minimum absolute atomic E-state index is 0.244. The topological polar surface area (TPSA) is 104 Å². The van der Waals surface area contributed by atoms with Crippen LogP contribution >= 0.6 is 31.9 Å². The number of hydrogen-bond acceptors (Lipinski definition) is 6. The summed E-state index contributed by atoms with van der Waals surface area (Å²) in [7, 11) is -3.89. The summed E-state index contributed by atoms with van der Waals surface area (Å²) in [6.45, 7) is 1.02. The molecule has 0 amide bonds. The van der Waals surface area contributed by atoms with Crippen molar-refractivity contribution in [2.45, 2.75) is 12.8 Å². The third-order valence-corrected chi connectivity index (χ3v) is 5.14. The second-order valence-electron chi connectivity index (χ2n) is 5.44. The van der Waals surface area contributed by atoms with Crippen molar-refractivity contribution in [3.8, 4) is 0 Å². The second-order valence-corrected chi connectivity index (χ2v) is 8.78. The van der Waals surface area contributed by atoms with E-state index >= 15 is 0 Å². The normalized spacial score (nSPS) is 11.8. The highest BCUT2D eigenvalue weighted by Crippen LogP contribution is 2.25. The Hall–Kier alpha value is -1.36. The minimum Gasteiger partial charge on any atom is -0.385 e. The predicted molar refractivity (Wildman–Crippen MR) is 109 cm³/mol. The molecule has 0 saturated carbocycles. The third-order valence-electron chi connectivity index (χ3n) is 3.32. The molecule has 10 heteroatoms. The SMILES string of the molecule is O=S(=O)(O)CCCNc1ccc(CCN=Nc2ncc(Br)cc2Br)cc1. The van der Waals surface area contributed by atoms with Gasteiger partial charge in [0, 0.05) is 22.9 Å². The zero-order valence-electron chi connectivity index (χ0n) is 13.8. The van der Waals surface area contributed by atoms with E-state index in [1.165, 1.54) is 0 Å². The predicted octanol–water partition coefficient (Wildman–Crippen LogP) is 4.62. The van der Waals surface area contributed by atoms with Crippen LogP contribution in [0, 0.1) is 0 Å². The van der Waals surface area contributed by atoms with Crippen molar-refractivity contribution in [3.05, 3.63) is 51.0 Å². The van der Waals surface area contributed by atoms with Gasteiger partial charge in [-0.3, -0.25) is 4.55 Å². The van der Waals surface area contributed by atoms with Crippen molar-refractivity contribution in [1.29, 1.82) is 0 Å². The van der Waals surface area contributed by atoms with E-state index in [4.69, 9.17) is 4.55 Å². The lowest BCUT2D eigenvalue weighted by atomic mass is 10.1. The van der Waals surface area contributed by atoms with Gasteiger partial charge in [0.15, 0.2) is 5.82 Å². The summed E-state index contributed by atoms with van der Waals surface area (Å²) >= 11 is 6.72. The van der Waals surface area contributed by atoms with Gasteiger partial charge in [-0.1, -0.05) is 12.1 Å². The number of aromatic nitrogens is 1. The second kappa shape index (κ2) is 10.1. The summed E-state index contributed by atoms with van der Waals surface area (Å²) in [4.78, 5) is 4.17. The van der Waals surface area contributed by atoms with E-state index < -0.39 is 10.1 Å². The van der Waals surface area contributed by atoms with Crippen LogP contribution in [0.15, 0.2) is 55.7 Å². The fourth-order valence-electron chi connectivity index (χ4n) is 2.05. The van der Waals surface area contributed by atoms with E-state index in [9.17, 15) is 8.42 Å². The zero-order chi connectivity index (χ0) is 19.0. The molecule has 0 atom stereocenters. The van der Waals surface area contributed by atoms with Crippen molar-refractivity contribution in [1.82, 2.24) is 4.98 Å².